The van der Waals surface area contributed by atoms with Crippen molar-refractivity contribution < 1.29 is 9.13 Å². The minimum atomic E-state index is -0.183. The van der Waals surface area contributed by atoms with Crippen LogP contribution >= 0.6 is 0 Å². The quantitative estimate of drug-likeness (QED) is 0.832. The summed E-state index contributed by atoms with van der Waals surface area (Å²) in [4.78, 5) is 0. The lowest BCUT2D eigenvalue weighted by molar-refractivity contribution is 0.0619. The Balaban J connectivity index is 2.81. The minimum Gasteiger partial charge on any atom is -0.377 e. The molecule has 1 aromatic carbocycles. The molecule has 0 aliphatic carbocycles. The third-order valence-corrected chi connectivity index (χ3v) is 2.47. The number of hydrogen-bond acceptors (Lipinski definition) is 2. The van der Waals surface area contributed by atoms with E-state index in [2.05, 4.69) is 5.32 Å². The van der Waals surface area contributed by atoms with Gasteiger partial charge in [0.2, 0.25) is 0 Å². The van der Waals surface area contributed by atoms with E-state index >= 15 is 0 Å². The molecular weight excluding hydrogens is 205 g/mol. The van der Waals surface area contributed by atoms with Crippen molar-refractivity contribution in [3.8, 4) is 0 Å². The van der Waals surface area contributed by atoms with E-state index in [1.54, 1.807) is 6.07 Å². The number of aryl methyl sites for hydroxylation is 1. The molecule has 1 rings (SSSR count). The highest BCUT2D eigenvalue weighted by atomic mass is 19.1. The summed E-state index contributed by atoms with van der Waals surface area (Å²) >= 11 is 0. The number of rotatable bonds is 5. The van der Waals surface area contributed by atoms with Crippen LogP contribution < -0.4 is 5.32 Å². The molecule has 3 heteroatoms. The van der Waals surface area contributed by atoms with Crippen LogP contribution in [0.15, 0.2) is 18.2 Å². The van der Waals surface area contributed by atoms with Crippen LogP contribution in [-0.4, -0.2) is 19.8 Å². The van der Waals surface area contributed by atoms with Crippen LogP contribution in [0, 0.1) is 12.7 Å². The molecule has 90 valence electrons. The molecular formula is C13H20FNO. The predicted molar refractivity (Wildman–Crippen MR) is 64.0 cm³/mol. The second kappa shape index (κ2) is 5.97. The molecule has 0 fully saturated rings. The molecule has 0 bridgehead atoms. The van der Waals surface area contributed by atoms with Gasteiger partial charge < -0.3 is 10.1 Å². The van der Waals surface area contributed by atoms with Crippen LogP contribution in [0.4, 0.5) is 4.39 Å². The average molecular weight is 225 g/mol. The zero-order valence-corrected chi connectivity index (χ0v) is 10.4. The molecule has 0 aliphatic heterocycles. The Labute approximate surface area is 96.8 Å². The van der Waals surface area contributed by atoms with Crippen molar-refractivity contribution in [1.29, 1.82) is 0 Å². The van der Waals surface area contributed by atoms with Crippen molar-refractivity contribution in [2.24, 2.45) is 0 Å². The van der Waals surface area contributed by atoms with Crippen LogP contribution in [-0.2, 0) is 4.74 Å². The Kier molecular flexibility index (Phi) is 4.90. The highest BCUT2D eigenvalue weighted by molar-refractivity contribution is 5.26. The highest BCUT2D eigenvalue weighted by Crippen LogP contribution is 2.19. The third-order valence-electron chi connectivity index (χ3n) is 2.47. The zero-order chi connectivity index (χ0) is 12.1. The molecule has 0 amide bonds. The predicted octanol–water partition coefficient (Wildman–Crippen LogP) is 2.82. The topological polar surface area (TPSA) is 21.3 Å². The van der Waals surface area contributed by atoms with Crippen LogP contribution in [0.3, 0.4) is 0 Å². The summed E-state index contributed by atoms with van der Waals surface area (Å²) in [7, 11) is 1.82. The molecule has 1 atom stereocenters. The first-order valence-electron chi connectivity index (χ1n) is 5.59. The molecule has 0 aromatic heterocycles. The monoisotopic (exact) mass is 225 g/mol. The van der Waals surface area contributed by atoms with Gasteiger partial charge in [0.15, 0.2) is 0 Å². The van der Waals surface area contributed by atoms with Crippen molar-refractivity contribution in [3.05, 3.63) is 35.1 Å². The molecule has 1 N–H and O–H groups in total. The lowest BCUT2D eigenvalue weighted by atomic mass is 10.0. The summed E-state index contributed by atoms with van der Waals surface area (Å²) in [5.41, 5.74) is 1.73. The SMILES string of the molecule is CNC(COC(C)C)c1cc(C)ccc1F. The second-order valence-corrected chi connectivity index (χ2v) is 4.25. The molecule has 0 spiro atoms. The normalized spacial score (nSPS) is 13.1. The van der Waals surface area contributed by atoms with E-state index in [4.69, 9.17) is 4.74 Å². The highest BCUT2D eigenvalue weighted by Gasteiger charge is 2.14. The van der Waals surface area contributed by atoms with Crippen LogP contribution in [0.25, 0.3) is 0 Å². The molecule has 0 radical (unpaired) electrons. The van der Waals surface area contributed by atoms with Gasteiger partial charge in [0.25, 0.3) is 0 Å². The average Bonchev–Trinajstić information content (AvgIpc) is 2.23. The van der Waals surface area contributed by atoms with Crippen molar-refractivity contribution in [1.82, 2.24) is 5.32 Å². The van der Waals surface area contributed by atoms with E-state index in [9.17, 15) is 4.39 Å². The summed E-state index contributed by atoms with van der Waals surface area (Å²) in [5.74, 6) is -0.183. The van der Waals surface area contributed by atoms with Gasteiger partial charge in [-0.25, -0.2) is 4.39 Å². The van der Waals surface area contributed by atoms with Gasteiger partial charge >= 0.3 is 0 Å². The molecule has 1 aromatic rings. The molecule has 0 heterocycles. The Morgan fingerprint density at radius 1 is 1.38 bits per heavy atom. The smallest absolute Gasteiger partial charge is 0.128 e. The maximum absolute atomic E-state index is 13.6. The lowest BCUT2D eigenvalue weighted by Crippen LogP contribution is -2.24. The molecule has 16 heavy (non-hydrogen) atoms. The molecule has 2 nitrogen and oxygen atoms in total. The first kappa shape index (κ1) is 13.1. The number of hydrogen-bond donors (Lipinski definition) is 1. The second-order valence-electron chi connectivity index (χ2n) is 4.25. The zero-order valence-electron chi connectivity index (χ0n) is 10.4. The summed E-state index contributed by atoms with van der Waals surface area (Å²) in [5, 5.41) is 3.08. The first-order chi connectivity index (χ1) is 7.54. The number of ether oxygens (including phenoxy) is 1. The van der Waals surface area contributed by atoms with Crippen molar-refractivity contribution in [2.45, 2.75) is 32.9 Å². The third kappa shape index (κ3) is 3.58. The van der Waals surface area contributed by atoms with Gasteiger partial charge in [0.1, 0.15) is 5.82 Å². The van der Waals surface area contributed by atoms with Gasteiger partial charge in [-0.15, -0.1) is 0 Å². The molecule has 0 aliphatic rings. The maximum Gasteiger partial charge on any atom is 0.128 e. The van der Waals surface area contributed by atoms with E-state index in [-0.39, 0.29) is 18.0 Å². The Morgan fingerprint density at radius 3 is 2.62 bits per heavy atom. The largest absolute Gasteiger partial charge is 0.377 e. The van der Waals surface area contributed by atoms with Gasteiger partial charge in [-0.1, -0.05) is 17.7 Å². The van der Waals surface area contributed by atoms with Gasteiger partial charge in [-0.05, 0) is 33.9 Å². The molecule has 1 unspecified atom stereocenters. The van der Waals surface area contributed by atoms with Gasteiger partial charge in [-0.3, -0.25) is 0 Å². The molecule has 0 saturated heterocycles. The fourth-order valence-electron chi connectivity index (χ4n) is 1.55. The number of halogens is 1. The summed E-state index contributed by atoms with van der Waals surface area (Å²) in [6.45, 7) is 6.38. The van der Waals surface area contributed by atoms with E-state index in [1.807, 2.05) is 33.9 Å². The number of benzene rings is 1. The van der Waals surface area contributed by atoms with Gasteiger partial charge in [0.05, 0.1) is 18.8 Å². The van der Waals surface area contributed by atoms with Gasteiger partial charge in [0, 0.05) is 5.56 Å². The fraction of sp³-hybridized carbons (Fsp3) is 0.538. The first-order valence-corrected chi connectivity index (χ1v) is 5.59. The van der Waals surface area contributed by atoms with Gasteiger partial charge in [-0.2, -0.15) is 0 Å². The van der Waals surface area contributed by atoms with Crippen LogP contribution in [0.5, 0.6) is 0 Å². The Bertz CT molecular complexity index is 339. The van der Waals surface area contributed by atoms with Crippen molar-refractivity contribution in [3.63, 3.8) is 0 Å². The van der Waals surface area contributed by atoms with E-state index in [0.717, 1.165) is 5.56 Å². The number of likely N-dealkylation sites (N-methyl/N-ethyl adjacent to an activating group) is 1. The molecule has 0 saturated carbocycles. The van der Waals surface area contributed by atoms with E-state index < -0.39 is 0 Å². The standard InChI is InChI=1S/C13H20FNO/c1-9(2)16-8-13(15-4)11-7-10(3)5-6-12(11)14/h5-7,9,13,15H,8H2,1-4H3. The van der Waals surface area contributed by atoms with E-state index in [0.29, 0.717) is 12.2 Å². The van der Waals surface area contributed by atoms with Crippen LogP contribution in [0.1, 0.15) is 31.0 Å². The fourth-order valence-corrected chi connectivity index (χ4v) is 1.55. The summed E-state index contributed by atoms with van der Waals surface area (Å²) in [6, 6.07) is 5.04. The van der Waals surface area contributed by atoms with E-state index in [1.165, 1.54) is 6.07 Å². The maximum atomic E-state index is 13.6. The van der Waals surface area contributed by atoms with Crippen LogP contribution in [0.2, 0.25) is 0 Å². The number of nitrogens with one attached hydrogen (secondary N) is 1. The van der Waals surface area contributed by atoms with Crippen molar-refractivity contribution >= 4 is 0 Å². The minimum absolute atomic E-state index is 0.0951. The summed E-state index contributed by atoms with van der Waals surface area (Å²) < 4.78 is 19.2. The Morgan fingerprint density at radius 2 is 2.06 bits per heavy atom. The Hall–Kier alpha value is -0.930. The summed E-state index contributed by atoms with van der Waals surface area (Å²) in [6.07, 6.45) is 0.156. The lowest BCUT2D eigenvalue weighted by Gasteiger charge is -2.19. The van der Waals surface area contributed by atoms with Crippen molar-refractivity contribution in [2.75, 3.05) is 13.7 Å².